The average Bonchev–Trinajstić information content (AvgIpc) is 2.85. The Hall–Kier alpha value is -2.86. The monoisotopic (exact) mass is 530 g/mol. The van der Waals surface area contributed by atoms with Gasteiger partial charge in [0.25, 0.3) is 0 Å². The zero-order valence-corrected chi connectivity index (χ0v) is 26.9. The lowest BCUT2D eigenvalue weighted by molar-refractivity contribution is 0.0543. The van der Waals surface area contributed by atoms with Crippen LogP contribution in [0.25, 0.3) is 16.7 Å². The SMILES string of the molecule is C=C(C)C1=C(C)C[C@@]2(C)C[C@@]3(C)Cc4c(C(C)C)cc(-c5ccc(CC)cc5)c(C)c4C(=C)C3=C(C)[C@@]2(C)C1=C. The van der Waals surface area contributed by atoms with Crippen molar-refractivity contribution in [2.24, 2.45) is 16.2 Å². The largest absolute Gasteiger partial charge is 0.0955 e. The van der Waals surface area contributed by atoms with Crippen LogP contribution in [0.2, 0.25) is 0 Å². The summed E-state index contributed by atoms with van der Waals surface area (Å²) in [7, 11) is 0. The second-order valence-electron chi connectivity index (χ2n) is 14.4. The topological polar surface area (TPSA) is 0 Å². The first-order valence-electron chi connectivity index (χ1n) is 15.3. The van der Waals surface area contributed by atoms with E-state index in [4.69, 9.17) is 13.2 Å². The Labute approximate surface area is 244 Å². The summed E-state index contributed by atoms with van der Waals surface area (Å²) in [6.45, 7) is 37.7. The molecule has 0 N–H and O–H groups in total. The molecule has 0 aliphatic heterocycles. The lowest BCUT2D eigenvalue weighted by Crippen LogP contribution is -2.52. The third-order valence-electron chi connectivity index (χ3n) is 11.3. The Morgan fingerprint density at radius 1 is 0.975 bits per heavy atom. The van der Waals surface area contributed by atoms with Gasteiger partial charge in [0.05, 0.1) is 0 Å². The van der Waals surface area contributed by atoms with E-state index >= 15 is 0 Å². The molecule has 0 saturated heterocycles. The van der Waals surface area contributed by atoms with Crippen molar-refractivity contribution in [2.75, 3.05) is 0 Å². The highest BCUT2D eigenvalue weighted by Crippen LogP contribution is 2.70. The van der Waals surface area contributed by atoms with Crippen molar-refractivity contribution in [3.05, 3.63) is 111 Å². The fourth-order valence-corrected chi connectivity index (χ4v) is 9.36. The van der Waals surface area contributed by atoms with Gasteiger partial charge >= 0.3 is 0 Å². The van der Waals surface area contributed by atoms with Crippen LogP contribution in [-0.2, 0) is 12.8 Å². The van der Waals surface area contributed by atoms with Crippen molar-refractivity contribution in [1.82, 2.24) is 0 Å². The smallest absolute Gasteiger partial charge is 0.0194 e. The van der Waals surface area contributed by atoms with E-state index in [1.54, 1.807) is 0 Å². The highest BCUT2D eigenvalue weighted by Gasteiger charge is 2.59. The van der Waals surface area contributed by atoms with E-state index in [0.717, 1.165) is 31.3 Å². The summed E-state index contributed by atoms with van der Waals surface area (Å²) in [6.07, 6.45) is 4.37. The summed E-state index contributed by atoms with van der Waals surface area (Å²) in [5, 5.41) is 0. The minimum absolute atomic E-state index is 0.0457. The third-order valence-corrected chi connectivity index (χ3v) is 11.3. The van der Waals surface area contributed by atoms with Crippen LogP contribution in [-0.4, -0.2) is 0 Å². The zero-order chi connectivity index (χ0) is 29.5. The van der Waals surface area contributed by atoms with Crippen molar-refractivity contribution in [2.45, 2.75) is 101 Å². The molecule has 0 heteroatoms. The minimum atomic E-state index is -0.127. The first-order chi connectivity index (χ1) is 18.6. The van der Waals surface area contributed by atoms with E-state index in [2.05, 4.69) is 106 Å². The number of aryl methyl sites for hydroxylation is 1. The molecule has 0 nitrogen and oxygen atoms in total. The molecule has 0 fully saturated rings. The van der Waals surface area contributed by atoms with Crippen molar-refractivity contribution in [3.63, 3.8) is 0 Å². The highest BCUT2D eigenvalue weighted by atomic mass is 14.6. The maximum atomic E-state index is 4.93. The number of rotatable bonds is 4. The Morgan fingerprint density at radius 2 is 1.60 bits per heavy atom. The number of fused-ring (bicyclic) bond motifs is 3. The second kappa shape index (κ2) is 9.34. The molecule has 0 heterocycles. The van der Waals surface area contributed by atoms with Crippen LogP contribution in [0.1, 0.15) is 109 Å². The number of allylic oxidation sites excluding steroid dienone is 7. The molecule has 5 rings (SSSR count). The number of hydrogen-bond donors (Lipinski definition) is 0. The van der Waals surface area contributed by atoms with Crippen LogP contribution < -0.4 is 0 Å². The molecule has 0 spiro atoms. The molecule has 0 amide bonds. The lowest BCUT2D eigenvalue weighted by Gasteiger charge is -2.62. The zero-order valence-electron chi connectivity index (χ0n) is 26.9. The molecule has 0 unspecified atom stereocenters. The van der Waals surface area contributed by atoms with Crippen molar-refractivity contribution in [1.29, 1.82) is 0 Å². The Balaban J connectivity index is 1.78. The van der Waals surface area contributed by atoms with Crippen LogP contribution in [0.4, 0.5) is 0 Å². The predicted octanol–water partition coefficient (Wildman–Crippen LogP) is 11.5. The summed E-state index contributed by atoms with van der Waals surface area (Å²) in [4.78, 5) is 0. The molecule has 210 valence electrons. The number of hydrogen-bond acceptors (Lipinski definition) is 0. The predicted molar refractivity (Wildman–Crippen MR) is 176 cm³/mol. The van der Waals surface area contributed by atoms with Gasteiger partial charge in [0, 0.05) is 5.41 Å². The molecule has 2 aromatic carbocycles. The fourth-order valence-electron chi connectivity index (χ4n) is 9.36. The van der Waals surface area contributed by atoms with Gasteiger partial charge in [-0.2, -0.15) is 0 Å². The van der Waals surface area contributed by atoms with Crippen LogP contribution in [0, 0.1) is 23.2 Å². The molecule has 3 aliphatic carbocycles. The first-order valence-corrected chi connectivity index (χ1v) is 15.3. The standard InChI is InChI=1S/C40H50/c1-14-30-15-17-31(18-16-30)33-19-32(23(2)3)34-21-38(11)22-39(12)20-25(6)35(24(4)5)28(9)40(39,13)29(10)37(38)27(8)36(34)26(33)7/h15-19,23H,4,8-9,14,20-22H2,1-3,5-7,10-13H3/t38-,39+,40-/m1/s1. The Morgan fingerprint density at radius 3 is 2.15 bits per heavy atom. The Bertz CT molecular complexity index is 1530. The summed E-state index contributed by atoms with van der Waals surface area (Å²) in [6, 6.07) is 11.7. The molecule has 2 aromatic rings. The van der Waals surface area contributed by atoms with Gasteiger partial charge in [-0.3, -0.25) is 0 Å². The van der Waals surface area contributed by atoms with Gasteiger partial charge in [0.2, 0.25) is 0 Å². The summed E-state index contributed by atoms with van der Waals surface area (Å²) in [5.74, 6) is 0.452. The van der Waals surface area contributed by atoms with Crippen molar-refractivity contribution in [3.8, 4) is 11.1 Å². The summed E-state index contributed by atoms with van der Waals surface area (Å²) < 4.78 is 0. The van der Waals surface area contributed by atoms with Gasteiger partial charge in [0.15, 0.2) is 0 Å². The van der Waals surface area contributed by atoms with E-state index in [1.807, 2.05) is 0 Å². The van der Waals surface area contributed by atoms with Crippen molar-refractivity contribution < 1.29 is 0 Å². The van der Waals surface area contributed by atoms with Gasteiger partial charge in [0.1, 0.15) is 0 Å². The van der Waals surface area contributed by atoms with Crippen LogP contribution >= 0.6 is 0 Å². The van der Waals surface area contributed by atoms with Gasteiger partial charge in [-0.05, 0) is 131 Å². The van der Waals surface area contributed by atoms with Gasteiger partial charge in [-0.15, -0.1) is 0 Å². The molecule has 0 saturated carbocycles. The first kappa shape index (κ1) is 28.7. The molecule has 3 aliphatic rings. The van der Waals surface area contributed by atoms with E-state index < -0.39 is 0 Å². The highest BCUT2D eigenvalue weighted by molar-refractivity contribution is 5.90. The van der Waals surface area contributed by atoms with Crippen LogP contribution in [0.3, 0.4) is 0 Å². The number of benzene rings is 2. The summed E-state index contributed by atoms with van der Waals surface area (Å²) >= 11 is 0. The molecule has 40 heavy (non-hydrogen) atoms. The van der Waals surface area contributed by atoms with E-state index in [0.29, 0.717) is 5.92 Å². The lowest BCUT2D eigenvalue weighted by atomic mass is 9.41. The quantitative estimate of drug-likeness (QED) is 0.369. The summed E-state index contributed by atoms with van der Waals surface area (Å²) in [5.41, 5.74) is 19.2. The van der Waals surface area contributed by atoms with Crippen LogP contribution in [0.5, 0.6) is 0 Å². The Kier molecular flexibility index (Phi) is 6.69. The van der Waals surface area contributed by atoms with E-state index in [-0.39, 0.29) is 16.2 Å². The average molecular weight is 531 g/mol. The van der Waals surface area contributed by atoms with Gasteiger partial charge in [-0.25, -0.2) is 0 Å². The fraction of sp³-hybridized carbons (Fsp3) is 0.450. The maximum Gasteiger partial charge on any atom is 0.0194 e. The molecular formula is C40H50. The van der Waals surface area contributed by atoms with Crippen molar-refractivity contribution >= 4 is 5.57 Å². The van der Waals surface area contributed by atoms with Gasteiger partial charge in [-0.1, -0.05) is 108 Å². The minimum Gasteiger partial charge on any atom is -0.0955 e. The van der Waals surface area contributed by atoms with E-state index in [1.165, 1.54) is 72.4 Å². The second-order valence-corrected chi connectivity index (χ2v) is 14.4. The van der Waals surface area contributed by atoms with E-state index in [9.17, 15) is 0 Å². The molecule has 3 atom stereocenters. The third kappa shape index (κ3) is 3.78. The maximum absolute atomic E-state index is 4.93. The van der Waals surface area contributed by atoms with Crippen LogP contribution in [0.15, 0.2) is 83.5 Å². The molecule has 0 bridgehead atoms. The van der Waals surface area contributed by atoms with Gasteiger partial charge < -0.3 is 0 Å². The molecule has 0 aromatic heterocycles. The molecule has 0 radical (unpaired) electrons. The molecular weight excluding hydrogens is 480 g/mol. The normalized spacial score (nSPS) is 28.1.